The van der Waals surface area contributed by atoms with Gasteiger partial charge in [0.15, 0.2) is 0 Å². The monoisotopic (exact) mass is 712 g/mol. The lowest BCUT2D eigenvalue weighted by atomic mass is 9.83. The molecule has 0 aromatic carbocycles. The van der Waals surface area contributed by atoms with Crippen LogP contribution in [0.15, 0.2) is 12.7 Å². The first-order chi connectivity index (χ1) is 23.2. The zero-order valence-corrected chi connectivity index (χ0v) is 30.4. The Hall–Kier alpha value is -3.65. The molecule has 1 unspecified atom stereocenters. The average molecular weight is 713 g/mol. The molecule has 3 aliphatic rings. The van der Waals surface area contributed by atoms with Crippen molar-refractivity contribution in [2.24, 2.45) is 28.6 Å². The molecule has 1 saturated heterocycles. The molecular formula is C35H55F3N6O6. The van der Waals surface area contributed by atoms with Gasteiger partial charge in [0.05, 0.1) is 12.1 Å². The Morgan fingerprint density at radius 3 is 2.16 bits per heavy atom. The van der Waals surface area contributed by atoms with Crippen LogP contribution >= 0.6 is 0 Å². The number of carbonyl (C=O) groups excluding carboxylic acids is 6. The average Bonchev–Trinajstić information content (AvgIpc) is 3.34. The fourth-order valence-corrected chi connectivity index (χ4v) is 7.52. The molecule has 4 N–H and O–H groups in total. The number of halogens is 3. The second kappa shape index (κ2) is 16.1. The predicted molar refractivity (Wildman–Crippen MR) is 180 cm³/mol. The van der Waals surface area contributed by atoms with E-state index in [0.29, 0.717) is 24.2 Å². The molecule has 0 radical (unpaired) electrons. The number of Topliss-reactive ketones (excluding diaryl/α,β-unsaturated/α-hetero) is 1. The summed E-state index contributed by atoms with van der Waals surface area (Å²) in [7, 11) is 1.01. The van der Waals surface area contributed by atoms with Gasteiger partial charge in [-0.25, -0.2) is 4.79 Å². The van der Waals surface area contributed by atoms with Gasteiger partial charge in [0.25, 0.3) is 5.91 Å². The molecule has 1 aliphatic heterocycles. The van der Waals surface area contributed by atoms with Crippen molar-refractivity contribution in [3.63, 3.8) is 0 Å². The first-order valence-electron chi connectivity index (χ1n) is 17.6. The van der Waals surface area contributed by atoms with E-state index < -0.39 is 77.7 Å². The van der Waals surface area contributed by atoms with E-state index in [2.05, 4.69) is 27.8 Å². The third-order valence-corrected chi connectivity index (χ3v) is 10.7. The van der Waals surface area contributed by atoms with Gasteiger partial charge < -0.3 is 31.1 Å². The third kappa shape index (κ3) is 9.56. The number of alkyl halides is 3. The lowest BCUT2D eigenvalue weighted by Crippen LogP contribution is -2.62. The summed E-state index contributed by atoms with van der Waals surface area (Å²) < 4.78 is 39.4. The zero-order valence-electron chi connectivity index (χ0n) is 30.4. The van der Waals surface area contributed by atoms with Crippen LogP contribution in [0.25, 0.3) is 0 Å². The topological polar surface area (TPSA) is 157 Å². The number of nitrogens with zero attached hydrogens (tertiary/aromatic N) is 2. The van der Waals surface area contributed by atoms with E-state index >= 15 is 0 Å². The highest BCUT2D eigenvalue weighted by Gasteiger charge is 2.69. The van der Waals surface area contributed by atoms with Crippen molar-refractivity contribution in [3.8, 4) is 0 Å². The molecule has 6 atom stereocenters. The van der Waals surface area contributed by atoms with Crippen LogP contribution in [0.1, 0.15) is 86.5 Å². The minimum Gasteiger partial charge on any atom is -0.346 e. The van der Waals surface area contributed by atoms with Crippen molar-refractivity contribution in [1.82, 2.24) is 31.1 Å². The summed E-state index contributed by atoms with van der Waals surface area (Å²) in [6.45, 7) is 14.5. The second-order valence-corrected chi connectivity index (χ2v) is 15.7. The van der Waals surface area contributed by atoms with Crippen molar-refractivity contribution in [3.05, 3.63) is 12.7 Å². The van der Waals surface area contributed by atoms with Crippen LogP contribution in [0.3, 0.4) is 0 Å². The van der Waals surface area contributed by atoms with Crippen molar-refractivity contribution in [2.75, 3.05) is 26.7 Å². The number of rotatable bonds is 14. The molecule has 0 spiro atoms. The SMILES string of the molecule is C=CCNC(=O)C(=O)C(CCC)NC(=O)[C@@H]1[C@@H]2[C@H](CN1C(=O)[C@@H](NC(=O)N[C@H](CN(C)C(=O)C(F)(F)F)C(C)(C)C)C1CCCCC1)C2(C)C. The van der Waals surface area contributed by atoms with Crippen molar-refractivity contribution in [2.45, 2.75) is 117 Å². The van der Waals surface area contributed by atoms with E-state index in [1.165, 1.54) is 11.0 Å². The molecule has 3 fully saturated rings. The number of likely N-dealkylation sites (N-methyl/N-ethyl adjacent to an activating group) is 1. The van der Waals surface area contributed by atoms with Crippen LogP contribution in [0.5, 0.6) is 0 Å². The Bertz CT molecular complexity index is 1310. The summed E-state index contributed by atoms with van der Waals surface area (Å²) in [5.74, 6) is -5.12. The number of likely N-dealkylation sites (tertiary alicyclic amines) is 1. The summed E-state index contributed by atoms with van der Waals surface area (Å²) in [6.07, 6.45) is 1.03. The maximum absolute atomic E-state index is 14.5. The van der Waals surface area contributed by atoms with E-state index in [1.807, 2.05) is 20.8 Å². The van der Waals surface area contributed by atoms with Crippen LogP contribution in [0.4, 0.5) is 18.0 Å². The van der Waals surface area contributed by atoms with E-state index in [-0.39, 0.29) is 42.7 Å². The number of carbonyl (C=O) groups is 6. The summed E-state index contributed by atoms with van der Waals surface area (Å²) in [5.41, 5.74) is -1.02. The summed E-state index contributed by atoms with van der Waals surface area (Å²) in [4.78, 5) is 81.4. The molecule has 2 saturated carbocycles. The standard InChI is InChI=1S/C35H55F3N6O6/c1-9-14-22(27(45)29(47)39-17-10-2)40-28(46)26-24-21(34(24,6)7)18-44(26)30(48)25(20-15-12-11-13-16-20)42-32(50)41-23(33(3,4)5)19-43(8)31(49)35(36,37)38/h10,20-26H,2,9,11-19H2,1,3-8H3,(H,39,47)(H,40,46)(H2,41,42,50)/t21-,22?,23+,24-,25-,26-/m0/s1. The summed E-state index contributed by atoms with van der Waals surface area (Å²) >= 11 is 0. The molecule has 0 bridgehead atoms. The molecule has 15 heteroatoms. The number of ketones is 1. The Labute approximate surface area is 293 Å². The molecule has 1 heterocycles. The maximum atomic E-state index is 14.5. The predicted octanol–water partition coefficient (Wildman–Crippen LogP) is 3.31. The quantitative estimate of drug-likeness (QED) is 0.160. The van der Waals surface area contributed by atoms with Gasteiger partial charge in [0, 0.05) is 26.7 Å². The van der Waals surface area contributed by atoms with Gasteiger partial charge in [-0.05, 0) is 47.8 Å². The zero-order chi connectivity index (χ0) is 37.8. The fraction of sp³-hybridized carbons (Fsp3) is 0.771. The van der Waals surface area contributed by atoms with Gasteiger partial charge in [0.2, 0.25) is 17.6 Å². The molecule has 2 aliphatic carbocycles. The Balaban J connectivity index is 1.86. The van der Waals surface area contributed by atoms with Gasteiger partial charge in [-0.2, -0.15) is 13.2 Å². The fourth-order valence-electron chi connectivity index (χ4n) is 7.52. The first kappa shape index (κ1) is 40.8. The number of hydrogen-bond acceptors (Lipinski definition) is 6. The molecular weight excluding hydrogens is 657 g/mol. The van der Waals surface area contributed by atoms with E-state index in [9.17, 15) is 41.9 Å². The van der Waals surface area contributed by atoms with Crippen LogP contribution in [-0.4, -0.2) is 102 Å². The Kier molecular flexibility index (Phi) is 13.2. The molecule has 282 valence electrons. The molecule has 6 amide bonds. The summed E-state index contributed by atoms with van der Waals surface area (Å²) in [5, 5.41) is 10.7. The van der Waals surface area contributed by atoms with Crippen LogP contribution in [0, 0.1) is 28.6 Å². The normalized spacial score (nSPS) is 23.4. The summed E-state index contributed by atoms with van der Waals surface area (Å²) in [6, 6.07) is -4.74. The number of amides is 6. The largest absolute Gasteiger partial charge is 0.471 e. The van der Waals surface area contributed by atoms with Crippen molar-refractivity contribution >= 4 is 35.4 Å². The highest BCUT2D eigenvalue weighted by Crippen LogP contribution is 2.65. The Morgan fingerprint density at radius 1 is 1.00 bits per heavy atom. The number of urea groups is 1. The van der Waals surface area contributed by atoms with Gasteiger partial charge in [-0.1, -0.05) is 73.3 Å². The number of nitrogens with one attached hydrogen (secondary N) is 4. The molecule has 12 nitrogen and oxygen atoms in total. The molecule has 0 aromatic rings. The minimum atomic E-state index is -5.08. The van der Waals surface area contributed by atoms with Crippen LogP contribution < -0.4 is 21.3 Å². The Morgan fingerprint density at radius 2 is 1.62 bits per heavy atom. The van der Waals surface area contributed by atoms with Gasteiger partial charge in [-0.3, -0.25) is 24.0 Å². The number of hydrogen-bond donors (Lipinski definition) is 4. The van der Waals surface area contributed by atoms with Crippen molar-refractivity contribution < 1.29 is 41.9 Å². The van der Waals surface area contributed by atoms with Gasteiger partial charge in [0.1, 0.15) is 12.1 Å². The van der Waals surface area contributed by atoms with E-state index in [1.54, 1.807) is 20.8 Å². The van der Waals surface area contributed by atoms with E-state index in [4.69, 9.17) is 0 Å². The number of piperidine rings is 1. The van der Waals surface area contributed by atoms with Crippen molar-refractivity contribution in [1.29, 1.82) is 0 Å². The molecule has 0 aromatic heterocycles. The van der Waals surface area contributed by atoms with Crippen LogP contribution in [-0.2, 0) is 24.0 Å². The first-order valence-corrected chi connectivity index (χ1v) is 17.6. The maximum Gasteiger partial charge on any atom is 0.471 e. The lowest BCUT2D eigenvalue weighted by molar-refractivity contribution is -0.184. The second-order valence-electron chi connectivity index (χ2n) is 15.7. The van der Waals surface area contributed by atoms with E-state index in [0.717, 1.165) is 26.3 Å². The van der Waals surface area contributed by atoms with Crippen LogP contribution in [0.2, 0.25) is 0 Å². The third-order valence-electron chi connectivity index (χ3n) is 10.7. The lowest BCUT2D eigenvalue weighted by Gasteiger charge is -2.38. The molecule has 50 heavy (non-hydrogen) atoms. The minimum absolute atomic E-state index is 0.00577. The van der Waals surface area contributed by atoms with Gasteiger partial charge >= 0.3 is 18.1 Å². The highest BCUT2D eigenvalue weighted by atomic mass is 19.4. The highest BCUT2D eigenvalue weighted by molar-refractivity contribution is 6.38. The smallest absolute Gasteiger partial charge is 0.346 e. The van der Waals surface area contributed by atoms with Gasteiger partial charge in [-0.15, -0.1) is 6.58 Å². The number of fused-ring (bicyclic) bond motifs is 1. The molecule has 3 rings (SSSR count).